The fourth-order valence-corrected chi connectivity index (χ4v) is 0.406. The summed E-state index contributed by atoms with van der Waals surface area (Å²) in [5, 5.41) is 30.4. The van der Waals surface area contributed by atoms with Crippen LogP contribution in [0.1, 0.15) is 6.92 Å². The lowest BCUT2D eigenvalue weighted by Gasteiger charge is -2.24. The maximum absolute atomic E-state index is 10.3. The van der Waals surface area contributed by atoms with Crippen LogP contribution < -0.4 is 15.5 Å². The minimum Gasteiger partial charge on any atom is -0.549 e. The number of hydrogen-bond donors (Lipinski definition) is 1. The zero-order chi connectivity index (χ0) is 9.78. The monoisotopic (exact) mass is 170 g/mol. The second-order valence-corrected chi connectivity index (χ2v) is 2.25. The van der Waals surface area contributed by atoms with Crippen LogP contribution in [-0.4, -0.2) is 24.0 Å². The Morgan fingerprint density at radius 1 is 1.58 bits per heavy atom. The molecule has 0 fully saturated rings. The molecule has 1 N–H and O–H groups in total. The average Bonchev–Trinajstić information content (AvgIpc) is 1.99. The van der Waals surface area contributed by atoms with E-state index in [1.165, 1.54) is 6.07 Å². The van der Waals surface area contributed by atoms with Crippen LogP contribution in [0.25, 0.3) is 0 Å². The standard InChI is InChI=1S/C6H8N2O4/c1-6(3-7,5(11)12)8-2-4(9)10/h8H,2H2,1H3,(H,9,10)(H,11,12)/p-2. The third-order valence-electron chi connectivity index (χ3n) is 1.22. The van der Waals surface area contributed by atoms with E-state index in [0.29, 0.717) is 0 Å². The largest absolute Gasteiger partial charge is 0.549 e. The highest BCUT2D eigenvalue weighted by molar-refractivity contribution is 5.81. The zero-order valence-corrected chi connectivity index (χ0v) is 6.29. The van der Waals surface area contributed by atoms with Crippen molar-refractivity contribution >= 4 is 11.9 Å². The van der Waals surface area contributed by atoms with Crippen molar-refractivity contribution in [2.24, 2.45) is 0 Å². The number of hydrogen-bond acceptors (Lipinski definition) is 6. The summed E-state index contributed by atoms with van der Waals surface area (Å²) < 4.78 is 0. The molecule has 0 radical (unpaired) electrons. The van der Waals surface area contributed by atoms with Gasteiger partial charge >= 0.3 is 0 Å². The van der Waals surface area contributed by atoms with Crippen molar-refractivity contribution in [1.82, 2.24) is 5.32 Å². The van der Waals surface area contributed by atoms with Crippen LogP contribution in [0.15, 0.2) is 0 Å². The van der Waals surface area contributed by atoms with Crippen LogP contribution in [0.3, 0.4) is 0 Å². The second kappa shape index (κ2) is 3.69. The molecule has 1 unspecified atom stereocenters. The van der Waals surface area contributed by atoms with Crippen molar-refractivity contribution in [3.05, 3.63) is 0 Å². The maximum atomic E-state index is 10.3. The molecule has 0 spiro atoms. The number of aliphatic carboxylic acids is 2. The van der Waals surface area contributed by atoms with Gasteiger partial charge in [-0.1, -0.05) is 0 Å². The van der Waals surface area contributed by atoms with Crippen LogP contribution in [0.2, 0.25) is 0 Å². The Bertz CT molecular complexity index is 244. The minimum absolute atomic E-state index is 0.710. The molecule has 0 aliphatic heterocycles. The molecule has 6 nitrogen and oxygen atoms in total. The highest BCUT2D eigenvalue weighted by Gasteiger charge is 2.24. The molecule has 0 aromatic heterocycles. The molecule has 0 aromatic rings. The van der Waals surface area contributed by atoms with E-state index < -0.39 is 24.0 Å². The van der Waals surface area contributed by atoms with Gasteiger partial charge in [-0.15, -0.1) is 0 Å². The lowest BCUT2D eigenvalue weighted by Crippen LogP contribution is -2.57. The number of rotatable bonds is 4. The summed E-state index contributed by atoms with van der Waals surface area (Å²) in [6, 6.07) is 1.37. The molecule has 0 amide bonds. The summed E-state index contributed by atoms with van der Waals surface area (Å²) in [6.07, 6.45) is 0. The normalized spacial score (nSPS) is 14.3. The van der Waals surface area contributed by atoms with Crippen LogP contribution in [-0.2, 0) is 9.59 Å². The second-order valence-electron chi connectivity index (χ2n) is 2.25. The molecule has 12 heavy (non-hydrogen) atoms. The third-order valence-corrected chi connectivity index (χ3v) is 1.22. The number of carbonyl (C=O) groups excluding carboxylic acids is 2. The van der Waals surface area contributed by atoms with Gasteiger partial charge in [0.05, 0.1) is 18.0 Å². The highest BCUT2D eigenvalue weighted by Crippen LogP contribution is 1.98. The van der Waals surface area contributed by atoms with Crippen LogP contribution in [0, 0.1) is 11.3 Å². The summed E-state index contributed by atoms with van der Waals surface area (Å²) in [5.74, 6) is -3.16. The third kappa shape index (κ3) is 2.56. The Morgan fingerprint density at radius 2 is 2.08 bits per heavy atom. The predicted octanol–water partition coefficient (Wildman–Crippen LogP) is -3.64. The van der Waals surface area contributed by atoms with E-state index in [1.54, 1.807) is 0 Å². The van der Waals surface area contributed by atoms with Crippen molar-refractivity contribution < 1.29 is 19.8 Å². The van der Waals surface area contributed by atoms with Gasteiger partial charge in [0.15, 0.2) is 0 Å². The first kappa shape index (κ1) is 10.4. The molecular weight excluding hydrogens is 164 g/mol. The van der Waals surface area contributed by atoms with Crippen molar-refractivity contribution in [1.29, 1.82) is 5.26 Å². The Hall–Kier alpha value is -1.61. The van der Waals surface area contributed by atoms with Gasteiger partial charge in [-0.2, -0.15) is 5.26 Å². The Labute approximate surface area is 68.4 Å². The zero-order valence-electron chi connectivity index (χ0n) is 6.29. The highest BCUT2D eigenvalue weighted by atomic mass is 16.4. The van der Waals surface area contributed by atoms with Gasteiger partial charge < -0.3 is 19.8 Å². The van der Waals surface area contributed by atoms with Crippen LogP contribution in [0.5, 0.6) is 0 Å². The lowest BCUT2D eigenvalue weighted by atomic mass is 10.1. The first-order valence-electron chi connectivity index (χ1n) is 3.00. The van der Waals surface area contributed by atoms with Gasteiger partial charge in [0.1, 0.15) is 5.54 Å². The molecular formula is C6H6N2O4-2. The summed E-state index contributed by atoms with van der Waals surface area (Å²) in [6.45, 7) is 0.295. The van der Waals surface area contributed by atoms with E-state index in [-0.39, 0.29) is 0 Å². The first-order chi connectivity index (χ1) is 5.42. The lowest BCUT2D eigenvalue weighted by molar-refractivity contribution is -0.312. The number of carboxylic acids is 2. The number of carboxylic acid groups (broad SMARTS) is 2. The topological polar surface area (TPSA) is 116 Å². The molecule has 0 aliphatic rings. The van der Waals surface area contributed by atoms with Gasteiger partial charge in [-0.25, -0.2) is 0 Å². The van der Waals surface area contributed by atoms with E-state index in [9.17, 15) is 19.8 Å². The molecule has 0 bridgehead atoms. The molecule has 0 aliphatic carbocycles. The van der Waals surface area contributed by atoms with Crippen molar-refractivity contribution in [2.45, 2.75) is 12.5 Å². The SMILES string of the molecule is CC(C#N)(NCC(=O)[O-])C(=O)[O-]. The molecule has 0 saturated heterocycles. The van der Waals surface area contributed by atoms with E-state index in [0.717, 1.165) is 6.92 Å². The number of nitrogens with zero attached hydrogens (tertiary/aromatic N) is 1. The number of nitriles is 1. The predicted molar refractivity (Wildman–Crippen MR) is 32.0 cm³/mol. The summed E-state index contributed by atoms with van der Waals surface area (Å²) in [5.41, 5.74) is -1.99. The van der Waals surface area contributed by atoms with Crippen molar-refractivity contribution in [3.63, 3.8) is 0 Å². The van der Waals surface area contributed by atoms with Gasteiger partial charge in [0.25, 0.3) is 0 Å². The molecule has 66 valence electrons. The summed E-state index contributed by atoms with van der Waals surface area (Å²) in [7, 11) is 0. The Balaban J connectivity index is 4.28. The van der Waals surface area contributed by atoms with Gasteiger partial charge in [0, 0.05) is 6.54 Å². The molecule has 0 aromatic carbocycles. The summed E-state index contributed by atoms with van der Waals surface area (Å²) >= 11 is 0. The number of carbonyl (C=O) groups is 2. The van der Waals surface area contributed by atoms with E-state index in [4.69, 9.17) is 5.26 Å². The number of nitrogens with one attached hydrogen (secondary N) is 1. The first-order valence-corrected chi connectivity index (χ1v) is 3.00. The van der Waals surface area contributed by atoms with Crippen LogP contribution >= 0.6 is 0 Å². The van der Waals surface area contributed by atoms with E-state index in [2.05, 4.69) is 0 Å². The van der Waals surface area contributed by atoms with Crippen molar-refractivity contribution in [2.75, 3.05) is 6.54 Å². The molecule has 6 heteroatoms. The van der Waals surface area contributed by atoms with Crippen LogP contribution in [0.4, 0.5) is 0 Å². The maximum Gasteiger partial charge on any atom is 0.144 e. The van der Waals surface area contributed by atoms with Gasteiger partial charge in [-0.3, -0.25) is 5.32 Å². The van der Waals surface area contributed by atoms with Crippen molar-refractivity contribution in [3.8, 4) is 6.07 Å². The fraction of sp³-hybridized carbons (Fsp3) is 0.500. The molecule has 1 atom stereocenters. The minimum atomic E-state index is -1.99. The van der Waals surface area contributed by atoms with Gasteiger partial charge in [-0.05, 0) is 6.92 Å². The quantitative estimate of drug-likeness (QED) is 0.465. The van der Waals surface area contributed by atoms with E-state index >= 15 is 0 Å². The smallest absolute Gasteiger partial charge is 0.144 e. The van der Waals surface area contributed by atoms with Gasteiger partial charge in [0.2, 0.25) is 0 Å². The molecule has 0 rings (SSSR count). The summed E-state index contributed by atoms with van der Waals surface area (Å²) in [4.78, 5) is 20.1. The van der Waals surface area contributed by atoms with E-state index in [1.807, 2.05) is 5.32 Å². The fourth-order valence-electron chi connectivity index (χ4n) is 0.406. The Morgan fingerprint density at radius 3 is 2.33 bits per heavy atom. The molecule has 0 saturated carbocycles. The average molecular weight is 170 g/mol. The Kier molecular flexibility index (Phi) is 3.19. The molecule has 0 heterocycles.